The summed E-state index contributed by atoms with van der Waals surface area (Å²) in [6, 6.07) is 5.77. The highest BCUT2D eigenvalue weighted by atomic mass is 32.2. The smallest absolute Gasteiger partial charge is 0.321 e. The molecule has 1 amide bonds. The van der Waals surface area contributed by atoms with E-state index < -0.39 is 57.9 Å². The van der Waals surface area contributed by atoms with Gasteiger partial charge in [-0.1, -0.05) is 30.8 Å². The van der Waals surface area contributed by atoms with Gasteiger partial charge in [-0.3, -0.25) is 18.4 Å². The van der Waals surface area contributed by atoms with Gasteiger partial charge >= 0.3 is 5.97 Å². The van der Waals surface area contributed by atoms with Crippen molar-refractivity contribution in [3.8, 4) is 0 Å². The minimum atomic E-state index is -4.91. The van der Waals surface area contributed by atoms with Crippen LogP contribution in [-0.4, -0.2) is 59.7 Å². The van der Waals surface area contributed by atoms with E-state index in [0.29, 0.717) is 12.0 Å². The number of carboxylic acids is 1. The van der Waals surface area contributed by atoms with Gasteiger partial charge in [-0.15, -0.1) is 0 Å². The molecular weight excluding hydrogens is 610 g/mol. The van der Waals surface area contributed by atoms with Crippen LogP contribution in [0.25, 0.3) is 32.3 Å². The number of rotatable bonds is 12. The van der Waals surface area contributed by atoms with Crippen molar-refractivity contribution in [3.63, 3.8) is 0 Å². The summed E-state index contributed by atoms with van der Waals surface area (Å²) in [4.78, 5) is 22.0. The highest BCUT2D eigenvalue weighted by Gasteiger charge is 2.29. The molecule has 2 atom stereocenters. The first-order valence-electron chi connectivity index (χ1n) is 12.3. The van der Waals surface area contributed by atoms with Gasteiger partial charge in [-0.2, -0.15) is 13.1 Å². The predicted octanol–water partition coefficient (Wildman–Crippen LogP) is 2.25. The summed E-state index contributed by atoms with van der Waals surface area (Å²) < 4.78 is 87.5. The maximum Gasteiger partial charge on any atom is 0.321 e. The minimum Gasteiger partial charge on any atom is -0.768 e. The number of hydrogen-bond donors (Lipinski definition) is 5. The number of hydrogen-bond acceptors (Lipinski definition) is 9. The Hall–Kier alpha value is -3.67. The van der Waals surface area contributed by atoms with Crippen molar-refractivity contribution in [2.75, 3.05) is 12.3 Å². The van der Waals surface area contributed by atoms with Crippen molar-refractivity contribution in [2.24, 2.45) is 0 Å². The topological polar surface area (TPSA) is 233 Å². The van der Waals surface area contributed by atoms with Crippen LogP contribution in [0.4, 0.5) is 5.69 Å². The molecule has 2 unspecified atom stereocenters. The monoisotopic (exact) mass is 636 g/mol. The number of sulfonamides is 1. The largest absolute Gasteiger partial charge is 0.768 e. The van der Waals surface area contributed by atoms with Crippen LogP contribution < -0.4 is 15.8 Å². The second-order valence-corrected chi connectivity index (χ2v) is 13.6. The number of carboxylic acid groups (broad SMARTS) is 1. The molecule has 0 aliphatic rings. The van der Waals surface area contributed by atoms with Gasteiger partial charge in [0.1, 0.15) is 10.9 Å². The Morgan fingerprint density at radius 1 is 1.00 bits per heavy atom. The molecule has 42 heavy (non-hydrogen) atoms. The summed E-state index contributed by atoms with van der Waals surface area (Å²) in [7, 11) is -9.47. The molecule has 0 saturated heterocycles. The molecule has 4 aromatic rings. The van der Waals surface area contributed by atoms with Crippen LogP contribution >= 0.6 is 0 Å². The summed E-state index contributed by atoms with van der Waals surface area (Å²) in [5.41, 5.74) is 6.45. The molecule has 6 N–H and O–H groups in total. The van der Waals surface area contributed by atoms with Crippen LogP contribution in [-0.2, 0) is 40.8 Å². The van der Waals surface area contributed by atoms with Gasteiger partial charge in [-0.05, 0) is 54.8 Å². The van der Waals surface area contributed by atoms with E-state index >= 15 is 0 Å². The fourth-order valence-electron chi connectivity index (χ4n) is 4.81. The number of carbonyl (C=O) groups excluding carboxylic acids is 1. The van der Waals surface area contributed by atoms with E-state index in [9.17, 15) is 44.8 Å². The van der Waals surface area contributed by atoms with Gasteiger partial charge in [-0.25, -0.2) is 8.42 Å². The quantitative estimate of drug-likeness (QED) is 0.0378. The lowest BCUT2D eigenvalue weighted by Gasteiger charge is -2.21. The maximum absolute atomic E-state index is 13.6. The first-order valence-corrected chi connectivity index (χ1v) is 16.3. The number of aliphatic carboxylic acids is 1. The van der Waals surface area contributed by atoms with E-state index in [0.717, 1.165) is 12.1 Å². The summed E-state index contributed by atoms with van der Waals surface area (Å²) >= 11 is -2.94. The van der Waals surface area contributed by atoms with E-state index in [-0.39, 0.29) is 63.3 Å². The number of benzene rings is 4. The van der Waals surface area contributed by atoms with E-state index in [1.165, 1.54) is 31.2 Å². The summed E-state index contributed by atoms with van der Waals surface area (Å²) in [6.45, 7) is 5.28. The zero-order valence-corrected chi connectivity index (χ0v) is 24.5. The lowest BCUT2D eigenvalue weighted by Crippen LogP contribution is -2.40. The van der Waals surface area contributed by atoms with Crippen molar-refractivity contribution < 1.29 is 44.8 Å². The molecule has 16 heteroatoms. The fraction of sp³-hybridized carbons (Fsp3) is 0.231. The Morgan fingerprint density at radius 3 is 2.14 bits per heavy atom. The third-order valence-electron chi connectivity index (χ3n) is 6.75. The van der Waals surface area contributed by atoms with Crippen LogP contribution in [0.3, 0.4) is 0 Å². The Morgan fingerprint density at radius 2 is 1.57 bits per heavy atom. The summed E-state index contributed by atoms with van der Waals surface area (Å²) in [5.74, 6) is -1.79. The molecule has 0 aliphatic heterocycles. The fourth-order valence-corrected chi connectivity index (χ4v) is 7.62. The number of unbranched alkanes of at least 4 members (excludes halogenated alkanes) is 1. The zero-order valence-electron chi connectivity index (χ0n) is 22.0. The first-order chi connectivity index (χ1) is 19.5. The van der Waals surface area contributed by atoms with Crippen LogP contribution in [0.2, 0.25) is 0 Å². The van der Waals surface area contributed by atoms with E-state index in [1.54, 1.807) is 0 Å². The van der Waals surface area contributed by atoms with Gasteiger partial charge < -0.3 is 20.7 Å². The average molecular weight is 637 g/mol. The number of anilines is 1. The highest BCUT2D eigenvalue weighted by molar-refractivity contribution is 7.89. The number of nitrogen functional groups attached to an aromatic ring is 1. The van der Waals surface area contributed by atoms with Crippen LogP contribution in [0, 0.1) is 0 Å². The second-order valence-electron chi connectivity index (χ2n) is 9.66. The normalized spacial score (nSPS) is 13.9. The van der Waals surface area contributed by atoms with Gasteiger partial charge in [0.25, 0.3) is 10.1 Å². The number of nitrogens with one attached hydrogen (secondary N) is 2. The molecule has 0 radical (unpaired) electrons. The number of amides is 1. The van der Waals surface area contributed by atoms with E-state index in [2.05, 4.69) is 16.6 Å². The Labute approximate surface area is 243 Å². The lowest BCUT2D eigenvalue weighted by molar-refractivity contribution is -0.139. The van der Waals surface area contributed by atoms with Crippen LogP contribution in [0.15, 0.2) is 63.2 Å². The Kier molecular flexibility index (Phi) is 8.59. The summed E-state index contributed by atoms with van der Waals surface area (Å²) in [6.07, 6.45) is 0.523. The molecule has 0 heterocycles. The second kappa shape index (κ2) is 11.5. The average Bonchev–Trinajstić information content (AvgIpc) is 2.89. The molecule has 13 nitrogen and oxygen atoms in total. The highest BCUT2D eigenvalue weighted by Crippen LogP contribution is 2.43. The molecule has 224 valence electrons. The van der Waals surface area contributed by atoms with E-state index in [1.807, 2.05) is 0 Å². The number of nitrogens with two attached hydrogens (primary N) is 1. The van der Waals surface area contributed by atoms with Crippen LogP contribution in [0.1, 0.15) is 26.2 Å². The van der Waals surface area contributed by atoms with Gasteiger partial charge in [0.2, 0.25) is 15.9 Å². The van der Waals surface area contributed by atoms with Gasteiger partial charge in [0.15, 0.2) is 0 Å². The molecule has 0 spiro atoms. The van der Waals surface area contributed by atoms with Crippen molar-refractivity contribution >= 4 is 81.1 Å². The van der Waals surface area contributed by atoms with Crippen molar-refractivity contribution in [1.82, 2.24) is 10.0 Å². The van der Waals surface area contributed by atoms with Crippen molar-refractivity contribution in [3.05, 3.63) is 48.6 Å². The first kappa shape index (κ1) is 31.3. The summed E-state index contributed by atoms with van der Waals surface area (Å²) in [5, 5.41) is 12.8. The van der Waals surface area contributed by atoms with Crippen molar-refractivity contribution in [1.29, 1.82) is 0 Å². The van der Waals surface area contributed by atoms with Gasteiger partial charge in [0.05, 0.1) is 4.90 Å². The van der Waals surface area contributed by atoms with Crippen molar-refractivity contribution in [2.45, 2.75) is 46.9 Å². The van der Waals surface area contributed by atoms with Crippen LogP contribution in [0.5, 0.6) is 0 Å². The Bertz CT molecular complexity index is 2010. The number of carbonyl (C=O) groups is 2. The third kappa shape index (κ3) is 5.95. The molecule has 4 rings (SSSR count). The molecule has 0 aromatic heterocycles. The molecular formula is C26H26N3O10S3-. The molecule has 0 bridgehead atoms. The van der Waals surface area contributed by atoms with Gasteiger partial charge in [0, 0.05) is 49.6 Å². The predicted molar refractivity (Wildman–Crippen MR) is 155 cm³/mol. The minimum absolute atomic E-state index is 0.0200. The third-order valence-corrected chi connectivity index (χ3v) is 9.85. The molecule has 4 aromatic carbocycles. The zero-order chi connectivity index (χ0) is 31.1. The maximum atomic E-state index is 13.6. The SMILES string of the molecule is C=C(C)C(=O)NCCCCC(NS(=O)(=O)c1cc(N)c2ccc3c(S(=O)(=O)O)cc(S(=O)[O-])c4ccc1c2c43)C(=O)O. The molecule has 0 aliphatic carbocycles. The Balaban J connectivity index is 1.81. The molecule has 0 fully saturated rings. The lowest BCUT2D eigenvalue weighted by atomic mass is 9.93. The van der Waals surface area contributed by atoms with E-state index in [4.69, 9.17) is 5.73 Å². The molecule has 0 saturated carbocycles. The standard InChI is InChI=1S/C26H27N3O10S3/c1-13(2)25(30)28-10-4-3-5-19(26(31)32)29-41(35,36)21-11-18(27)14-6-8-17-22(42(37,38)39)12-20(40(33)34)15-7-9-16(21)23(14)24(15)17/h6-9,11-12,19,29H,1,3-5,10,27H2,2H3,(H,28,30)(H,31,32)(H,33,34)(H,37,38,39)/p-1.